The van der Waals surface area contributed by atoms with Crippen LogP contribution in [0.2, 0.25) is 0 Å². The van der Waals surface area contributed by atoms with Gasteiger partial charge in [0.1, 0.15) is 11.2 Å². The maximum absolute atomic E-state index is 6.02. The summed E-state index contributed by atoms with van der Waals surface area (Å²) in [6.45, 7) is 4.71. The van der Waals surface area contributed by atoms with E-state index in [2.05, 4.69) is 78.3 Å². The molecule has 0 spiro atoms. The molecule has 0 N–H and O–H groups in total. The summed E-state index contributed by atoms with van der Waals surface area (Å²) < 4.78 is 7.11. The van der Waals surface area contributed by atoms with Gasteiger partial charge >= 0.3 is 0 Å². The van der Waals surface area contributed by atoms with E-state index in [9.17, 15) is 0 Å². The van der Waals surface area contributed by atoms with Crippen LogP contribution in [0.25, 0.3) is 21.9 Å². The van der Waals surface area contributed by atoms with Crippen LogP contribution in [0.1, 0.15) is 31.7 Å². The molecule has 0 fully saturated rings. The summed E-state index contributed by atoms with van der Waals surface area (Å²) in [5, 5.41) is 2.36. The second-order valence-electron chi connectivity index (χ2n) is 7.73. The van der Waals surface area contributed by atoms with Crippen molar-refractivity contribution in [1.82, 2.24) is 0 Å². The fourth-order valence-electron chi connectivity index (χ4n) is 4.38. The Bertz CT molecular complexity index is 1110. The third-order valence-corrected chi connectivity index (χ3v) is 6.25. The van der Waals surface area contributed by atoms with Crippen LogP contribution in [-0.4, -0.2) is 0 Å². The molecular weight excluding hydrogens is 372 g/mol. The molecule has 0 saturated heterocycles. The molecule has 0 saturated carbocycles. The first-order valence-corrected chi connectivity index (χ1v) is 9.54. The van der Waals surface area contributed by atoms with Gasteiger partial charge < -0.3 is 4.42 Å². The van der Waals surface area contributed by atoms with Crippen molar-refractivity contribution in [3.8, 4) is 0 Å². The van der Waals surface area contributed by atoms with E-state index in [-0.39, 0.29) is 5.41 Å². The van der Waals surface area contributed by atoms with Crippen LogP contribution in [0.5, 0.6) is 0 Å². The Labute approximate surface area is 155 Å². The van der Waals surface area contributed by atoms with Gasteiger partial charge in [0.25, 0.3) is 0 Å². The lowest BCUT2D eigenvalue weighted by Crippen LogP contribution is -2.22. The summed E-state index contributed by atoms with van der Waals surface area (Å²) in [5.74, 6) is 0.432. The summed E-state index contributed by atoms with van der Waals surface area (Å²) in [4.78, 5) is 0. The molecule has 25 heavy (non-hydrogen) atoms. The number of allylic oxidation sites excluding steroid dienone is 6. The highest BCUT2D eigenvalue weighted by Gasteiger charge is 2.34. The zero-order chi connectivity index (χ0) is 17.2. The van der Waals surface area contributed by atoms with Crippen LogP contribution in [0.3, 0.4) is 0 Å². The summed E-state index contributed by atoms with van der Waals surface area (Å²) in [5.41, 5.74) is 6.32. The first-order valence-electron chi connectivity index (χ1n) is 8.75. The second kappa shape index (κ2) is 5.22. The Hall–Kier alpha value is -2.06. The first kappa shape index (κ1) is 15.2. The molecule has 5 rings (SSSR count). The SMILES string of the molecule is CC1(C)CC(c2ccc3oc4cccc(Br)c4c3c2)C=C2C=CC=C21. The van der Waals surface area contributed by atoms with Crippen molar-refractivity contribution in [2.75, 3.05) is 0 Å². The molecule has 0 radical (unpaired) electrons. The van der Waals surface area contributed by atoms with Gasteiger partial charge in [0.05, 0.1) is 0 Å². The monoisotopic (exact) mass is 390 g/mol. The standard InChI is InChI=1S/C23H19BrO/c1-23(2)13-16(11-15-5-3-6-18(15)23)14-9-10-20-17(12-14)22-19(24)7-4-8-21(22)25-20/h3-12,16H,13H2,1-2H3. The second-order valence-corrected chi connectivity index (χ2v) is 8.58. The van der Waals surface area contributed by atoms with Gasteiger partial charge in [-0.1, -0.05) is 66.2 Å². The number of rotatable bonds is 1. The highest BCUT2D eigenvalue weighted by atomic mass is 79.9. The van der Waals surface area contributed by atoms with Crippen molar-refractivity contribution in [2.45, 2.75) is 26.2 Å². The normalized spacial score (nSPS) is 21.5. The van der Waals surface area contributed by atoms with E-state index in [1.54, 1.807) is 0 Å². The van der Waals surface area contributed by atoms with E-state index in [4.69, 9.17) is 4.42 Å². The van der Waals surface area contributed by atoms with E-state index in [1.807, 2.05) is 12.1 Å². The highest BCUT2D eigenvalue weighted by molar-refractivity contribution is 9.10. The number of hydrogen-bond acceptors (Lipinski definition) is 1. The number of benzene rings is 2. The summed E-state index contributed by atoms with van der Waals surface area (Å²) in [6, 6.07) is 12.8. The summed E-state index contributed by atoms with van der Waals surface area (Å²) >= 11 is 3.68. The molecule has 1 nitrogen and oxygen atoms in total. The van der Waals surface area contributed by atoms with Crippen molar-refractivity contribution in [3.05, 3.63) is 81.9 Å². The van der Waals surface area contributed by atoms with Crippen LogP contribution in [-0.2, 0) is 0 Å². The van der Waals surface area contributed by atoms with E-state index < -0.39 is 0 Å². The summed E-state index contributed by atoms with van der Waals surface area (Å²) in [7, 11) is 0. The maximum Gasteiger partial charge on any atom is 0.136 e. The summed E-state index contributed by atoms with van der Waals surface area (Å²) in [6.07, 6.45) is 10.2. The van der Waals surface area contributed by atoms with Gasteiger partial charge in [-0.05, 0) is 52.8 Å². The molecule has 1 aromatic heterocycles. The van der Waals surface area contributed by atoms with E-state index in [0.29, 0.717) is 5.92 Å². The zero-order valence-corrected chi connectivity index (χ0v) is 15.9. The third kappa shape index (κ3) is 2.27. The maximum atomic E-state index is 6.02. The fraction of sp³-hybridized carbons (Fsp3) is 0.217. The van der Waals surface area contributed by atoms with Gasteiger partial charge in [0.15, 0.2) is 0 Å². The largest absolute Gasteiger partial charge is 0.456 e. The predicted molar refractivity (Wildman–Crippen MR) is 108 cm³/mol. The van der Waals surface area contributed by atoms with Crippen molar-refractivity contribution < 1.29 is 4.42 Å². The van der Waals surface area contributed by atoms with Crippen molar-refractivity contribution in [3.63, 3.8) is 0 Å². The minimum Gasteiger partial charge on any atom is -0.456 e. The minimum absolute atomic E-state index is 0.201. The smallest absolute Gasteiger partial charge is 0.136 e. The van der Waals surface area contributed by atoms with E-state index >= 15 is 0 Å². The van der Waals surface area contributed by atoms with Gasteiger partial charge in [0.2, 0.25) is 0 Å². The topological polar surface area (TPSA) is 13.1 Å². The van der Waals surface area contributed by atoms with E-state index in [1.165, 1.54) is 27.5 Å². The molecule has 0 bridgehead atoms. The Balaban J connectivity index is 1.69. The van der Waals surface area contributed by atoms with Gasteiger partial charge in [-0.15, -0.1) is 0 Å². The molecule has 0 amide bonds. The van der Waals surface area contributed by atoms with Crippen LogP contribution in [0.15, 0.2) is 80.7 Å². The average molecular weight is 391 g/mol. The number of fused-ring (bicyclic) bond motifs is 4. The molecule has 0 aliphatic heterocycles. The van der Waals surface area contributed by atoms with E-state index in [0.717, 1.165) is 22.1 Å². The Morgan fingerprint density at radius 2 is 2.00 bits per heavy atom. The molecule has 2 heteroatoms. The molecular formula is C23H19BrO. The van der Waals surface area contributed by atoms with Crippen molar-refractivity contribution in [1.29, 1.82) is 0 Å². The molecule has 1 unspecified atom stereocenters. The lowest BCUT2D eigenvalue weighted by atomic mass is 9.68. The third-order valence-electron chi connectivity index (χ3n) is 5.59. The first-order chi connectivity index (χ1) is 12.0. The quantitative estimate of drug-likeness (QED) is 0.425. The predicted octanol–water partition coefficient (Wildman–Crippen LogP) is 7.28. The Kier molecular flexibility index (Phi) is 3.18. The van der Waals surface area contributed by atoms with Crippen LogP contribution in [0.4, 0.5) is 0 Å². The lowest BCUT2D eigenvalue weighted by Gasteiger charge is -2.36. The van der Waals surface area contributed by atoms with Crippen molar-refractivity contribution in [2.24, 2.45) is 5.41 Å². The highest BCUT2D eigenvalue weighted by Crippen LogP contribution is 2.48. The van der Waals surface area contributed by atoms with Gasteiger partial charge in [-0.3, -0.25) is 0 Å². The number of halogens is 1. The molecule has 1 heterocycles. The average Bonchev–Trinajstić information content (AvgIpc) is 3.18. The van der Waals surface area contributed by atoms with Crippen molar-refractivity contribution >= 4 is 37.9 Å². The molecule has 1 atom stereocenters. The molecule has 2 aliphatic rings. The fourth-order valence-corrected chi connectivity index (χ4v) is 4.94. The Morgan fingerprint density at radius 3 is 2.88 bits per heavy atom. The molecule has 124 valence electrons. The zero-order valence-electron chi connectivity index (χ0n) is 14.3. The van der Waals surface area contributed by atoms with Gasteiger partial charge in [-0.2, -0.15) is 0 Å². The molecule has 3 aromatic rings. The van der Waals surface area contributed by atoms with Gasteiger partial charge in [-0.25, -0.2) is 0 Å². The number of hydrogen-bond donors (Lipinski definition) is 0. The molecule has 2 aromatic carbocycles. The Morgan fingerprint density at radius 1 is 1.12 bits per heavy atom. The lowest BCUT2D eigenvalue weighted by molar-refractivity contribution is 0.383. The van der Waals surface area contributed by atoms with Crippen LogP contribution in [0, 0.1) is 5.41 Å². The number of furan rings is 1. The van der Waals surface area contributed by atoms with Gasteiger partial charge in [0, 0.05) is 21.2 Å². The minimum atomic E-state index is 0.201. The molecule has 2 aliphatic carbocycles. The van der Waals surface area contributed by atoms with Crippen LogP contribution >= 0.6 is 15.9 Å². The van der Waals surface area contributed by atoms with Crippen LogP contribution < -0.4 is 0 Å².